The van der Waals surface area contributed by atoms with Crippen LogP contribution in [0, 0.1) is 6.92 Å². The van der Waals surface area contributed by atoms with Crippen molar-refractivity contribution in [1.29, 1.82) is 0 Å². The highest BCUT2D eigenvalue weighted by molar-refractivity contribution is 5.55. The van der Waals surface area contributed by atoms with Gasteiger partial charge in [0, 0.05) is 18.1 Å². The lowest BCUT2D eigenvalue weighted by Crippen LogP contribution is -2.31. The molecular formula is C15H26N4O. The maximum atomic E-state index is 6.04. The minimum absolute atomic E-state index is 0.116. The molecule has 3 N–H and O–H groups in total. The van der Waals surface area contributed by atoms with Crippen LogP contribution in [0.2, 0.25) is 0 Å². The summed E-state index contributed by atoms with van der Waals surface area (Å²) in [5, 5.41) is 3.51. The number of nitrogen functional groups attached to an aromatic ring is 1. The van der Waals surface area contributed by atoms with E-state index in [0.29, 0.717) is 11.9 Å². The first-order valence-electron chi connectivity index (χ1n) is 7.27. The van der Waals surface area contributed by atoms with Crippen LogP contribution in [0.25, 0.3) is 0 Å². The second-order valence-corrected chi connectivity index (χ2v) is 6.61. The number of nitrogens with one attached hydrogen (secondary N) is 1. The van der Waals surface area contributed by atoms with Gasteiger partial charge in [-0.05, 0) is 26.2 Å². The number of methoxy groups -OCH3 is 1. The van der Waals surface area contributed by atoms with E-state index in [1.807, 2.05) is 6.92 Å². The lowest BCUT2D eigenvalue weighted by Gasteiger charge is -2.24. The van der Waals surface area contributed by atoms with E-state index in [-0.39, 0.29) is 11.5 Å². The maximum absolute atomic E-state index is 6.04. The molecule has 5 nitrogen and oxygen atoms in total. The predicted molar refractivity (Wildman–Crippen MR) is 81.9 cm³/mol. The summed E-state index contributed by atoms with van der Waals surface area (Å²) in [6, 6.07) is 0.306. The van der Waals surface area contributed by atoms with Crippen molar-refractivity contribution in [2.75, 3.05) is 18.2 Å². The Balaban J connectivity index is 2.29. The summed E-state index contributed by atoms with van der Waals surface area (Å²) in [6.45, 7) is 8.23. The molecule has 1 heterocycles. The first kappa shape index (κ1) is 15.0. The molecule has 0 bridgehead atoms. The molecule has 0 radical (unpaired) electrons. The summed E-state index contributed by atoms with van der Waals surface area (Å²) in [7, 11) is 1.77. The van der Waals surface area contributed by atoms with Crippen LogP contribution in [0.1, 0.15) is 51.4 Å². The maximum Gasteiger partial charge on any atom is 0.138 e. The van der Waals surface area contributed by atoms with Crippen LogP contribution in [0.5, 0.6) is 0 Å². The van der Waals surface area contributed by atoms with E-state index in [4.69, 9.17) is 10.5 Å². The summed E-state index contributed by atoms with van der Waals surface area (Å²) in [4.78, 5) is 9.09. The zero-order valence-electron chi connectivity index (χ0n) is 13.2. The van der Waals surface area contributed by atoms with Gasteiger partial charge in [0.25, 0.3) is 0 Å². The van der Waals surface area contributed by atoms with E-state index in [9.17, 15) is 0 Å². The molecule has 0 aromatic carbocycles. The Morgan fingerprint density at radius 1 is 1.25 bits per heavy atom. The molecular weight excluding hydrogens is 252 g/mol. The van der Waals surface area contributed by atoms with E-state index in [1.54, 1.807) is 7.11 Å². The first-order valence-corrected chi connectivity index (χ1v) is 7.27. The van der Waals surface area contributed by atoms with Gasteiger partial charge in [0.1, 0.15) is 17.5 Å². The molecule has 5 heteroatoms. The molecule has 112 valence electrons. The van der Waals surface area contributed by atoms with E-state index < -0.39 is 0 Å². The second kappa shape index (κ2) is 5.56. The van der Waals surface area contributed by atoms with Gasteiger partial charge >= 0.3 is 0 Å². The molecule has 1 aromatic rings. The van der Waals surface area contributed by atoms with Crippen LogP contribution in [0.15, 0.2) is 0 Å². The fourth-order valence-corrected chi connectivity index (χ4v) is 2.56. The van der Waals surface area contributed by atoms with Crippen molar-refractivity contribution >= 4 is 11.6 Å². The SMILES string of the molecule is COC1CCCC1Nc1nc(C(C)(C)C)nc(N)c1C. The highest BCUT2D eigenvalue weighted by atomic mass is 16.5. The molecule has 0 aliphatic heterocycles. The van der Waals surface area contributed by atoms with Gasteiger partial charge in [-0.25, -0.2) is 9.97 Å². The van der Waals surface area contributed by atoms with Crippen molar-refractivity contribution in [3.8, 4) is 0 Å². The third kappa shape index (κ3) is 3.03. The molecule has 2 rings (SSSR count). The van der Waals surface area contributed by atoms with Gasteiger partial charge in [0.2, 0.25) is 0 Å². The summed E-state index contributed by atoms with van der Waals surface area (Å²) >= 11 is 0. The number of aromatic nitrogens is 2. The second-order valence-electron chi connectivity index (χ2n) is 6.61. The lowest BCUT2D eigenvalue weighted by atomic mass is 9.95. The van der Waals surface area contributed by atoms with Crippen molar-refractivity contribution in [1.82, 2.24) is 9.97 Å². The fourth-order valence-electron chi connectivity index (χ4n) is 2.56. The lowest BCUT2D eigenvalue weighted by molar-refractivity contribution is 0.101. The van der Waals surface area contributed by atoms with Crippen molar-refractivity contribution < 1.29 is 4.74 Å². The van der Waals surface area contributed by atoms with Crippen molar-refractivity contribution in [3.05, 3.63) is 11.4 Å². The summed E-state index contributed by atoms with van der Waals surface area (Å²) in [6.07, 6.45) is 3.64. The Morgan fingerprint density at radius 3 is 2.55 bits per heavy atom. The Labute approximate surface area is 121 Å². The quantitative estimate of drug-likeness (QED) is 0.889. The zero-order chi connectivity index (χ0) is 14.9. The van der Waals surface area contributed by atoms with Gasteiger partial charge in [-0.3, -0.25) is 0 Å². The highest BCUT2D eigenvalue weighted by Crippen LogP contribution is 2.29. The van der Waals surface area contributed by atoms with Gasteiger partial charge in [0.15, 0.2) is 0 Å². The topological polar surface area (TPSA) is 73.1 Å². The van der Waals surface area contributed by atoms with Crippen LogP contribution in [0.4, 0.5) is 11.6 Å². The normalized spacial score (nSPS) is 23.1. The molecule has 1 aliphatic carbocycles. The minimum atomic E-state index is -0.116. The molecule has 0 spiro atoms. The summed E-state index contributed by atoms with van der Waals surface area (Å²) < 4.78 is 5.53. The first-order chi connectivity index (χ1) is 9.32. The molecule has 2 atom stereocenters. The third-order valence-electron chi connectivity index (χ3n) is 3.93. The van der Waals surface area contributed by atoms with Crippen molar-refractivity contribution in [3.63, 3.8) is 0 Å². The molecule has 0 amide bonds. The molecule has 1 saturated carbocycles. The number of rotatable bonds is 3. The van der Waals surface area contributed by atoms with Crippen LogP contribution in [-0.4, -0.2) is 29.2 Å². The van der Waals surface area contributed by atoms with Gasteiger partial charge < -0.3 is 15.8 Å². The molecule has 2 unspecified atom stereocenters. The number of hydrogen-bond donors (Lipinski definition) is 2. The van der Waals surface area contributed by atoms with Crippen LogP contribution < -0.4 is 11.1 Å². The van der Waals surface area contributed by atoms with Crippen LogP contribution in [0.3, 0.4) is 0 Å². The Kier molecular flexibility index (Phi) is 4.18. The minimum Gasteiger partial charge on any atom is -0.383 e. The van der Waals surface area contributed by atoms with E-state index in [1.165, 1.54) is 6.42 Å². The number of ether oxygens (including phenoxy) is 1. The standard InChI is InChI=1S/C15H26N4O/c1-9-12(16)18-14(15(2,3)4)19-13(9)17-10-7-6-8-11(10)20-5/h10-11H,6-8H2,1-5H3,(H3,16,17,18,19). The van der Waals surface area contributed by atoms with Crippen molar-refractivity contribution in [2.24, 2.45) is 0 Å². The molecule has 0 saturated heterocycles. The van der Waals surface area contributed by atoms with E-state index in [0.717, 1.165) is 30.0 Å². The number of hydrogen-bond acceptors (Lipinski definition) is 5. The summed E-state index contributed by atoms with van der Waals surface area (Å²) in [5.74, 6) is 2.17. The zero-order valence-corrected chi connectivity index (χ0v) is 13.2. The largest absolute Gasteiger partial charge is 0.383 e. The third-order valence-corrected chi connectivity index (χ3v) is 3.93. The van der Waals surface area contributed by atoms with Crippen molar-refractivity contribution in [2.45, 2.75) is 64.5 Å². The fraction of sp³-hybridized carbons (Fsp3) is 0.733. The monoisotopic (exact) mass is 278 g/mol. The highest BCUT2D eigenvalue weighted by Gasteiger charge is 2.28. The van der Waals surface area contributed by atoms with Gasteiger partial charge in [-0.2, -0.15) is 0 Å². The van der Waals surface area contributed by atoms with Gasteiger partial charge in [0.05, 0.1) is 12.1 Å². The number of anilines is 2. The van der Waals surface area contributed by atoms with Crippen LogP contribution in [-0.2, 0) is 10.2 Å². The Hall–Kier alpha value is -1.36. The Morgan fingerprint density at radius 2 is 1.95 bits per heavy atom. The molecule has 1 aromatic heterocycles. The molecule has 1 fully saturated rings. The van der Waals surface area contributed by atoms with E-state index >= 15 is 0 Å². The average Bonchev–Trinajstić information content (AvgIpc) is 2.80. The number of nitrogens with two attached hydrogens (primary N) is 1. The average molecular weight is 278 g/mol. The summed E-state index contributed by atoms with van der Waals surface area (Å²) in [5.41, 5.74) is 6.84. The molecule has 1 aliphatic rings. The van der Waals surface area contributed by atoms with E-state index in [2.05, 4.69) is 36.1 Å². The Bertz CT molecular complexity index is 481. The van der Waals surface area contributed by atoms with Gasteiger partial charge in [-0.1, -0.05) is 20.8 Å². The number of nitrogens with zero attached hydrogens (tertiary/aromatic N) is 2. The van der Waals surface area contributed by atoms with Gasteiger partial charge in [-0.15, -0.1) is 0 Å². The van der Waals surface area contributed by atoms with Crippen LogP contribution >= 0.6 is 0 Å². The smallest absolute Gasteiger partial charge is 0.138 e. The molecule has 20 heavy (non-hydrogen) atoms. The predicted octanol–water partition coefficient (Wildman–Crippen LogP) is 2.64.